The second-order valence-electron chi connectivity index (χ2n) is 7.59. The quantitative estimate of drug-likeness (QED) is 0.351. The van der Waals surface area contributed by atoms with Crippen molar-refractivity contribution < 1.29 is 9.15 Å². The maximum Gasteiger partial charge on any atom is 0.286 e. The van der Waals surface area contributed by atoms with Crippen LogP contribution in [0.4, 0.5) is 5.82 Å². The third-order valence-electron chi connectivity index (χ3n) is 5.20. The molecule has 0 fully saturated rings. The van der Waals surface area contributed by atoms with Crippen LogP contribution in [0, 0.1) is 6.92 Å². The van der Waals surface area contributed by atoms with Crippen molar-refractivity contribution in [3.05, 3.63) is 83.9 Å². The second-order valence-corrected chi connectivity index (χ2v) is 7.59. The summed E-state index contributed by atoms with van der Waals surface area (Å²) in [6.45, 7) is 5.16. The molecule has 2 heterocycles. The zero-order valence-corrected chi connectivity index (χ0v) is 18.4. The number of nitrogens with one attached hydrogen (secondary N) is 1. The van der Waals surface area contributed by atoms with Gasteiger partial charge in [-0.3, -0.25) is 0 Å². The van der Waals surface area contributed by atoms with Crippen LogP contribution < -0.4 is 10.1 Å². The van der Waals surface area contributed by atoms with E-state index in [9.17, 15) is 0 Å². The fourth-order valence-electron chi connectivity index (χ4n) is 3.64. The van der Waals surface area contributed by atoms with Crippen molar-refractivity contribution >= 4 is 16.7 Å². The van der Waals surface area contributed by atoms with E-state index in [1.165, 1.54) is 0 Å². The summed E-state index contributed by atoms with van der Waals surface area (Å²) in [5.74, 6) is 2.63. The van der Waals surface area contributed by atoms with Gasteiger partial charge in [0, 0.05) is 23.1 Å². The highest BCUT2D eigenvalue weighted by molar-refractivity contribution is 5.90. The first-order chi connectivity index (χ1) is 16.2. The van der Waals surface area contributed by atoms with Gasteiger partial charge in [-0.15, -0.1) is 10.2 Å². The monoisotopic (exact) mass is 437 g/mol. The number of nitrogens with zero attached hydrogens (tertiary/aromatic N) is 4. The van der Waals surface area contributed by atoms with Crippen LogP contribution in [0.25, 0.3) is 34.1 Å². The summed E-state index contributed by atoms with van der Waals surface area (Å²) >= 11 is 0. The van der Waals surface area contributed by atoms with Gasteiger partial charge in [0.05, 0.1) is 12.1 Å². The number of ether oxygens (including phenoxy) is 1. The van der Waals surface area contributed by atoms with Crippen molar-refractivity contribution in [1.29, 1.82) is 0 Å². The van der Waals surface area contributed by atoms with Crippen molar-refractivity contribution in [2.24, 2.45) is 0 Å². The van der Waals surface area contributed by atoms with E-state index in [4.69, 9.17) is 14.1 Å². The smallest absolute Gasteiger partial charge is 0.286 e. The molecule has 0 amide bonds. The number of hydrogen-bond donors (Lipinski definition) is 1. The third-order valence-corrected chi connectivity index (χ3v) is 5.20. The molecule has 3 aromatic carbocycles. The Bertz CT molecular complexity index is 1410. The molecule has 33 heavy (non-hydrogen) atoms. The summed E-state index contributed by atoms with van der Waals surface area (Å²) in [7, 11) is 0. The highest BCUT2D eigenvalue weighted by atomic mass is 16.5. The van der Waals surface area contributed by atoms with E-state index in [0.29, 0.717) is 30.7 Å². The molecule has 0 aliphatic carbocycles. The normalized spacial score (nSPS) is 11.0. The van der Waals surface area contributed by atoms with Gasteiger partial charge in [0.25, 0.3) is 5.89 Å². The molecule has 0 atom stereocenters. The van der Waals surface area contributed by atoms with Crippen LogP contribution in [0.3, 0.4) is 0 Å². The number of para-hydroxylation sites is 2. The molecule has 0 aliphatic heterocycles. The molecule has 5 rings (SSSR count). The Hall–Kier alpha value is -4.26. The van der Waals surface area contributed by atoms with Crippen LogP contribution in [-0.2, 0) is 6.54 Å². The summed E-state index contributed by atoms with van der Waals surface area (Å²) < 4.78 is 11.7. The summed E-state index contributed by atoms with van der Waals surface area (Å²) in [4.78, 5) is 9.39. The van der Waals surface area contributed by atoms with E-state index < -0.39 is 0 Å². The largest absolute Gasteiger partial charge is 0.494 e. The van der Waals surface area contributed by atoms with Gasteiger partial charge >= 0.3 is 0 Å². The molecular weight excluding hydrogens is 414 g/mol. The first-order valence-electron chi connectivity index (χ1n) is 10.8. The summed E-state index contributed by atoms with van der Waals surface area (Å²) in [5.41, 5.74) is 3.81. The Kier molecular flexibility index (Phi) is 5.68. The van der Waals surface area contributed by atoms with E-state index in [0.717, 1.165) is 33.3 Å². The van der Waals surface area contributed by atoms with Crippen molar-refractivity contribution in [3.63, 3.8) is 0 Å². The zero-order chi connectivity index (χ0) is 22.6. The predicted molar refractivity (Wildman–Crippen MR) is 128 cm³/mol. The summed E-state index contributed by atoms with van der Waals surface area (Å²) in [6.07, 6.45) is 0. The minimum absolute atomic E-state index is 0.273. The van der Waals surface area contributed by atoms with E-state index in [1.807, 2.05) is 86.6 Å². The average Bonchev–Trinajstić information content (AvgIpc) is 3.34. The molecule has 164 valence electrons. The molecule has 0 bridgehead atoms. The molecular formula is C26H23N5O2. The van der Waals surface area contributed by atoms with Crippen molar-refractivity contribution in [1.82, 2.24) is 20.2 Å². The number of aryl methyl sites for hydroxylation is 1. The minimum atomic E-state index is 0.273. The molecule has 7 heteroatoms. The zero-order valence-electron chi connectivity index (χ0n) is 18.4. The number of benzene rings is 3. The molecule has 0 saturated heterocycles. The molecule has 0 unspecified atom stereocenters. The van der Waals surface area contributed by atoms with Gasteiger partial charge in [0.1, 0.15) is 11.6 Å². The number of fused-ring (bicyclic) bond motifs is 1. The number of rotatable bonds is 7. The first kappa shape index (κ1) is 20.6. The Morgan fingerprint density at radius 3 is 2.58 bits per heavy atom. The fourth-order valence-corrected chi connectivity index (χ4v) is 3.64. The SMILES string of the molecule is CCOc1ccccc1CNc1nc(-c2nnc(-c3cccc(C)c3)o2)nc2ccccc12. The Morgan fingerprint density at radius 2 is 1.70 bits per heavy atom. The number of hydrogen-bond acceptors (Lipinski definition) is 7. The molecule has 5 aromatic rings. The van der Waals surface area contributed by atoms with Crippen molar-refractivity contribution in [2.75, 3.05) is 11.9 Å². The van der Waals surface area contributed by atoms with Crippen LogP contribution in [-0.4, -0.2) is 26.8 Å². The lowest BCUT2D eigenvalue weighted by Gasteiger charge is -2.13. The van der Waals surface area contributed by atoms with Gasteiger partial charge in [0.2, 0.25) is 11.7 Å². The van der Waals surface area contributed by atoms with Gasteiger partial charge < -0.3 is 14.5 Å². The van der Waals surface area contributed by atoms with Crippen LogP contribution in [0.2, 0.25) is 0 Å². The van der Waals surface area contributed by atoms with Gasteiger partial charge in [-0.2, -0.15) is 0 Å². The third kappa shape index (κ3) is 4.39. The van der Waals surface area contributed by atoms with E-state index in [1.54, 1.807) is 0 Å². The Morgan fingerprint density at radius 1 is 0.879 bits per heavy atom. The van der Waals surface area contributed by atoms with Crippen LogP contribution in [0.15, 0.2) is 77.2 Å². The van der Waals surface area contributed by atoms with Crippen molar-refractivity contribution in [2.45, 2.75) is 20.4 Å². The molecule has 0 spiro atoms. The highest BCUT2D eigenvalue weighted by Crippen LogP contribution is 2.28. The fraction of sp³-hybridized carbons (Fsp3) is 0.154. The maximum atomic E-state index is 5.93. The standard InChI is InChI=1S/C26H23N5O2/c1-3-32-22-14-7-4-10-19(22)16-27-23-20-12-5-6-13-21(20)28-24(29-23)26-31-30-25(33-26)18-11-8-9-17(2)15-18/h4-15H,3,16H2,1-2H3,(H,27,28,29). The van der Waals surface area contributed by atoms with Gasteiger partial charge in [-0.05, 0) is 44.2 Å². The van der Waals surface area contributed by atoms with Gasteiger partial charge in [-0.25, -0.2) is 9.97 Å². The molecule has 0 radical (unpaired) electrons. The van der Waals surface area contributed by atoms with Crippen LogP contribution in [0.1, 0.15) is 18.1 Å². The molecule has 0 aliphatic rings. The topological polar surface area (TPSA) is 86.0 Å². The van der Waals surface area contributed by atoms with E-state index >= 15 is 0 Å². The van der Waals surface area contributed by atoms with Crippen molar-refractivity contribution in [3.8, 4) is 28.9 Å². The molecule has 0 saturated carbocycles. The van der Waals surface area contributed by atoms with E-state index in [2.05, 4.69) is 20.5 Å². The summed E-state index contributed by atoms with van der Waals surface area (Å²) in [6, 6.07) is 23.7. The predicted octanol–water partition coefficient (Wildman–Crippen LogP) is 5.67. The minimum Gasteiger partial charge on any atom is -0.494 e. The lowest BCUT2D eigenvalue weighted by atomic mass is 10.1. The molecule has 1 N–H and O–H groups in total. The molecule has 2 aromatic heterocycles. The van der Waals surface area contributed by atoms with E-state index in [-0.39, 0.29) is 5.89 Å². The lowest BCUT2D eigenvalue weighted by Crippen LogP contribution is -2.06. The number of anilines is 1. The van der Waals surface area contributed by atoms with Gasteiger partial charge in [0.15, 0.2) is 0 Å². The van der Waals surface area contributed by atoms with Crippen LogP contribution >= 0.6 is 0 Å². The number of aromatic nitrogens is 4. The lowest BCUT2D eigenvalue weighted by molar-refractivity contribution is 0.337. The second kappa shape index (κ2) is 9.08. The first-order valence-corrected chi connectivity index (χ1v) is 10.8. The average molecular weight is 438 g/mol. The summed E-state index contributed by atoms with van der Waals surface area (Å²) in [5, 5.41) is 12.8. The van der Waals surface area contributed by atoms with Gasteiger partial charge in [-0.1, -0.05) is 48.0 Å². The highest BCUT2D eigenvalue weighted by Gasteiger charge is 2.16. The Balaban J connectivity index is 1.49. The maximum absolute atomic E-state index is 5.93. The molecule has 7 nitrogen and oxygen atoms in total. The Labute approximate surface area is 191 Å². The van der Waals surface area contributed by atoms with Crippen LogP contribution in [0.5, 0.6) is 5.75 Å².